The predicted molar refractivity (Wildman–Crippen MR) is 91.9 cm³/mol. The van der Waals surface area contributed by atoms with Crippen LogP contribution in [0.25, 0.3) is 0 Å². The number of rotatable bonds is 4. The zero-order valence-corrected chi connectivity index (χ0v) is 15.1. The molecule has 0 spiro atoms. The average Bonchev–Trinajstić information content (AvgIpc) is 2.97. The molecule has 1 aromatic heterocycles. The lowest BCUT2D eigenvalue weighted by Gasteiger charge is -2.34. The summed E-state index contributed by atoms with van der Waals surface area (Å²) in [5.74, 6) is 1.59. The lowest BCUT2D eigenvalue weighted by atomic mass is 10.2. The van der Waals surface area contributed by atoms with E-state index in [-0.39, 0.29) is 24.5 Å². The third-order valence-electron chi connectivity index (χ3n) is 3.64. The Labute approximate surface area is 149 Å². The average molecular weight is 392 g/mol. The number of oxazole rings is 1. The maximum atomic E-state index is 9.33. The van der Waals surface area contributed by atoms with Crippen LogP contribution in [-0.4, -0.2) is 30.3 Å². The molecule has 0 saturated carbocycles. The van der Waals surface area contributed by atoms with Gasteiger partial charge in [-0.1, -0.05) is 15.9 Å². The number of benzene rings is 1. The molecule has 2 atom stereocenters. The number of nitrogens with zero attached hydrogens (tertiary/aromatic N) is 3. The number of hydrogen-bond acceptors (Lipinski definition) is 6. The molecule has 2 heterocycles. The highest BCUT2D eigenvalue weighted by atomic mass is 79.9. The van der Waals surface area contributed by atoms with Gasteiger partial charge in [0.25, 0.3) is 0 Å². The monoisotopic (exact) mass is 391 g/mol. The minimum Gasteiger partial charge on any atom is -0.484 e. The molecule has 1 aromatic carbocycles. The smallest absolute Gasteiger partial charge is 0.236 e. The van der Waals surface area contributed by atoms with Crippen LogP contribution in [0.15, 0.2) is 33.2 Å². The molecule has 1 aliphatic heterocycles. The van der Waals surface area contributed by atoms with Crippen LogP contribution in [0.3, 0.4) is 0 Å². The first-order valence-corrected chi connectivity index (χ1v) is 8.53. The van der Waals surface area contributed by atoms with Gasteiger partial charge in [-0.3, -0.25) is 0 Å². The number of ether oxygens (including phenoxy) is 2. The van der Waals surface area contributed by atoms with Gasteiger partial charge in [-0.15, -0.1) is 0 Å². The van der Waals surface area contributed by atoms with Gasteiger partial charge in [-0.25, -0.2) is 0 Å². The van der Waals surface area contributed by atoms with Crippen LogP contribution in [0.1, 0.15) is 25.4 Å². The molecular weight excluding hydrogens is 374 g/mol. The standard InChI is InChI=1S/C17H18BrN3O3/c1-11-8-21(9-12(2)23-11)17-15(7-19)20-16(24-17)10-22-14-5-3-13(18)4-6-14/h3-6,11-12H,8-10H2,1-2H3/t11-,12-/m0/s1. The molecule has 0 aliphatic carbocycles. The Morgan fingerprint density at radius 2 is 1.96 bits per heavy atom. The summed E-state index contributed by atoms with van der Waals surface area (Å²) in [5.41, 5.74) is 0.283. The summed E-state index contributed by atoms with van der Waals surface area (Å²) >= 11 is 3.38. The Morgan fingerprint density at radius 1 is 1.29 bits per heavy atom. The van der Waals surface area contributed by atoms with E-state index in [0.29, 0.717) is 30.6 Å². The Morgan fingerprint density at radius 3 is 2.58 bits per heavy atom. The highest BCUT2D eigenvalue weighted by Gasteiger charge is 2.27. The van der Waals surface area contributed by atoms with Crippen LogP contribution < -0.4 is 9.64 Å². The largest absolute Gasteiger partial charge is 0.484 e. The number of halogens is 1. The zero-order chi connectivity index (χ0) is 17.1. The van der Waals surface area contributed by atoms with Gasteiger partial charge in [-0.05, 0) is 38.1 Å². The molecule has 3 rings (SSSR count). The predicted octanol–water partition coefficient (Wildman–Crippen LogP) is 3.50. The van der Waals surface area contributed by atoms with Crippen molar-refractivity contribution in [2.45, 2.75) is 32.7 Å². The van der Waals surface area contributed by atoms with Gasteiger partial charge in [0.2, 0.25) is 17.5 Å². The molecule has 0 radical (unpaired) electrons. The molecular formula is C17H18BrN3O3. The topological polar surface area (TPSA) is 71.5 Å². The maximum Gasteiger partial charge on any atom is 0.236 e. The lowest BCUT2D eigenvalue weighted by Crippen LogP contribution is -2.45. The second kappa shape index (κ2) is 7.24. The van der Waals surface area contributed by atoms with Crippen molar-refractivity contribution in [1.29, 1.82) is 5.26 Å². The van der Waals surface area contributed by atoms with E-state index in [2.05, 4.69) is 27.0 Å². The van der Waals surface area contributed by atoms with Crippen molar-refractivity contribution >= 4 is 21.8 Å². The van der Waals surface area contributed by atoms with Crippen molar-refractivity contribution in [2.75, 3.05) is 18.0 Å². The van der Waals surface area contributed by atoms with Crippen LogP contribution in [0.2, 0.25) is 0 Å². The molecule has 0 bridgehead atoms. The molecule has 0 amide bonds. The van der Waals surface area contributed by atoms with Crippen LogP contribution in [0.5, 0.6) is 5.75 Å². The molecule has 24 heavy (non-hydrogen) atoms. The number of aromatic nitrogens is 1. The zero-order valence-electron chi connectivity index (χ0n) is 13.5. The number of nitriles is 1. The minimum atomic E-state index is 0.0767. The van der Waals surface area contributed by atoms with E-state index in [1.54, 1.807) is 0 Å². The highest BCUT2D eigenvalue weighted by molar-refractivity contribution is 9.10. The van der Waals surface area contributed by atoms with Crippen molar-refractivity contribution in [3.63, 3.8) is 0 Å². The molecule has 2 aromatic rings. The van der Waals surface area contributed by atoms with Gasteiger partial charge in [-0.2, -0.15) is 10.2 Å². The fraction of sp³-hybridized carbons (Fsp3) is 0.412. The van der Waals surface area contributed by atoms with E-state index in [4.69, 9.17) is 13.9 Å². The normalized spacial score (nSPS) is 20.7. The summed E-state index contributed by atoms with van der Waals surface area (Å²) in [7, 11) is 0. The minimum absolute atomic E-state index is 0.0767. The van der Waals surface area contributed by atoms with Crippen molar-refractivity contribution in [2.24, 2.45) is 0 Å². The fourth-order valence-corrected chi connectivity index (χ4v) is 2.99. The van der Waals surface area contributed by atoms with Gasteiger partial charge in [0.15, 0.2) is 6.61 Å². The third-order valence-corrected chi connectivity index (χ3v) is 4.17. The van der Waals surface area contributed by atoms with E-state index >= 15 is 0 Å². The first-order valence-electron chi connectivity index (χ1n) is 7.73. The molecule has 0 unspecified atom stereocenters. The van der Waals surface area contributed by atoms with Gasteiger partial charge in [0, 0.05) is 17.6 Å². The summed E-state index contributed by atoms with van der Waals surface area (Å²) < 4.78 is 18.1. The number of anilines is 1. The highest BCUT2D eigenvalue weighted by Crippen LogP contribution is 2.26. The Balaban J connectivity index is 1.73. The first-order chi connectivity index (χ1) is 11.5. The molecule has 6 nitrogen and oxygen atoms in total. The van der Waals surface area contributed by atoms with Crippen molar-refractivity contribution in [3.05, 3.63) is 40.3 Å². The summed E-state index contributed by atoms with van der Waals surface area (Å²) in [6.07, 6.45) is 0.153. The first kappa shape index (κ1) is 16.8. The van der Waals surface area contributed by atoms with Crippen molar-refractivity contribution in [1.82, 2.24) is 4.98 Å². The summed E-state index contributed by atoms with van der Waals surface area (Å²) in [6.45, 7) is 5.51. The Hall–Kier alpha value is -2.04. The lowest BCUT2D eigenvalue weighted by molar-refractivity contribution is -0.00651. The molecule has 126 valence electrons. The van der Waals surface area contributed by atoms with Crippen molar-refractivity contribution in [3.8, 4) is 11.8 Å². The number of morpholine rings is 1. The van der Waals surface area contributed by atoms with Gasteiger partial charge < -0.3 is 18.8 Å². The van der Waals surface area contributed by atoms with E-state index in [1.165, 1.54) is 0 Å². The second-order valence-corrected chi connectivity index (χ2v) is 6.69. The van der Waals surface area contributed by atoms with Crippen LogP contribution >= 0.6 is 15.9 Å². The van der Waals surface area contributed by atoms with Gasteiger partial charge in [0.1, 0.15) is 11.8 Å². The van der Waals surface area contributed by atoms with E-state index < -0.39 is 0 Å². The molecule has 1 fully saturated rings. The SMILES string of the molecule is C[C@H]1CN(c2oc(COc3ccc(Br)cc3)nc2C#N)C[C@H](C)O1. The number of hydrogen-bond donors (Lipinski definition) is 0. The molecule has 0 N–H and O–H groups in total. The van der Waals surface area contributed by atoms with Crippen LogP contribution in [-0.2, 0) is 11.3 Å². The van der Waals surface area contributed by atoms with Gasteiger partial charge in [0.05, 0.1) is 12.2 Å². The summed E-state index contributed by atoms with van der Waals surface area (Å²) in [6, 6.07) is 9.60. The Kier molecular flexibility index (Phi) is 5.07. The molecule has 7 heteroatoms. The van der Waals surface area contributed by atoms with E-state index in [9.17, 15) is 5.26 Å². The fourth-order valence-electron chi connectivity index (χ4n) is 2.72. The third kappa shape index (κ3) is 3.89. The molecule has 1 saturated heterocycles. The Bertz CT molecular complexity index is 729. The van der Waals surface area contributed by atoms with Crippen molar-refractivity contribution < 1.29 is 13.9 Å². The van der Waals surface area contributed by atoms with E-state index in [1.807, 2.05) is 43.0 Å². The molecule has 1 aliphatic rings. The summed E-state index contributed by atoms with van der Waals surface area (Å²) in [4.78, 5) is 6.25. The summed E-state index contributed by atoms with van der Waals surface area (Å²) in [5, 5.41) is 9.33. The maximum absolute atomic E-state index is 9.33. The van der Waals surface area contributed by atoms with Gasteiger partial charge >= 0.3 is 0 Å². The van der Waals surface area contributed by atoms with Crippen LogP contribution in [0.4, 0.5) is 5.88 Å². The second-order valence-electron chi connectivity index (χ2n) is 5.78. The van der Waals surface area contributed by atoms with E-state index in [0.717, 1.165) is 4.47 Å². The quantitative estimate of drug-likeness (QED) is 0.793. The van der Waals surface area contributed by atoms with Crippen LogP contribution in [0, 0.1) is 11.3 Å².